The van der Waals surface area contributed by atoms with E-state index in [1.54, 1.807) is 10.9 Å². The highest BCUT2D eigenvalue weighted by Crippen LogP contribution is 2.30. The fourth-order valence-electron chi connectivity index (χ4n) is 3.39. The number of hydrogen-bond acceptors (Lipinski definition) is 4. The Morgan fingerprint density at radius 1 is 1.41 bits per heavy atom. The Morgan fingerprint density at radius 2 is 2.18 bits per heavy atom. The first-order chi connectivity index (χ1) is 10.3. The smallest absolute Gasteiger partial charge is 0.262 e. The second-order valence-electron chi connectivity index (χ2n) is 7.55. The van der Waals surface area contributed by atoms with Crippen molar-refractivity contribution in [3.8, 4) is 0 Å². The third-order valence-corrected chi connectivity index (χ3v) is 4.35. The SMILES string of the molecule is Cn1ncc2c(=O)[nH]c(CN3CCCC3CC(C)(C)C)nc21. The summed E-state index contributed by atoms with van der Waals surface area (Å²) in [6, 6.07) is 0.576. The molecule has 6 heteroatoms. The quantitative estimate of drug-likeness (QED) is 0.942. The molecule has 0 bridgehead atoms. The van der Waals surface area contributed by atoms with Crippen LogP contribution < -0.4 is 5.56 Å². The van der Waals surface area contributed by atoms with E-state index in [0.29, 0.717) is 29.0 Å². The molecule has 1 N–H and O–H groups in total. The molecule has 0 amide bonds. The van der Waals surface area contributed by atoms with E-state index in [9.17, 15) is 4.79 Å². The van der Waals surface area contributed by atoms with Crippen LogP contribution in [0.25, 0.3) is 11.0 Å². The minimum Gasteiger partial charge on any atom is -0.309 e. The molecule has 0 radical (unpaired) electrons. The molecule has 1 saturated heterocycles. The van der Waals surface area contributed by atoms with E-state index in [0.717, 1.165) is 12.4 Å². The predicted molar refractivity (Wildman–Crippen MR) is 86.6 cm³/mol. The lowest BCUT2D eigenvalue weighted by molar-refractivity contribution is 0.181. The van der Waals surface area contributed by atoms with Crippen molar-refractivity contribution in [2.45, 2.75) is 52.6 Å². The maximum absolute atomic E-state index is 12.1. The zero-order valence-electron chi connectivity index (χ0n) is 13.9. The standard InChI is InChI=1S/C16H25N5O/c1-16(2,3)8-11-6-5-7-21(11)10-13-18-14-12(15(22)19-13)9-17-20(14)4/h9,11H,5-8,10H2,1-4H3,(H,18,19,22). The number of aryl methyl sites for hydroxylation is 1. The Hall–Kier alpha value is -1.69. The van der Waals surface area contributed by atoms with Crippen LogP contribution in [0.4, 0.5) is 0 Å². The van der Waals surface area contributed by atoms with E-state index in [2.05, 4.69) is 40.7 Å². The van der Waals surface area contributed by atoms with Crippen molar-refractivity contribution in [1.29, 1.82) is 0 Å². The number of nitrogens with one attached hydrogen (secondary N) is 1. The van der Waals surface area contributed by atoms with Gasteiger partial charge < -0.3 is 4.98 Å². The minimum atomic E-state index is -0.0975. The molecular formula is C16H25N5O. The van der Waals surface area contributed by atoms with E-state index in [-0.39, 0.29) is 5.56 Å². The van der Waals surface area contributed by atoms with Crippen molar-refractivity contribution in [3.63, 3.8) is 0 Å². The lowest BCUT2D eigenvalue weighted by atomic mass is 9.87. The number of hydrogen-bond donors (Lipinski definition) is 1. The Morgan fingerprint density at radius 3 is 2.91 bits per heavy atom. The minimum absolute atomic E-state index is 0.0975. The molecule has 0 aliphatic carbocycles. The summed E-state index contributed by atoms with van der Waals surface area (Å²) in [5.74, 6) is 0.738. The van der Waals surface area contributed by atoms with Gasteiger partial charge in [0, 0.05) is 13.1 Å². The summed E-state index contributed by atoms with van der Waals surface area (Å²) in [6.07, 6.45) is 5.20. The van der Waals surface area contributed by atoms with Gasteiger partial charge in [0.1, 0.15) is 11.2 Å². The number of aromatic nitrogens is 4. The maximum atomic E-state index is 12.1. The van der Waals surface area contributed by atoms with Crippen LogP contribution in [0.3, 0.4) is 0 Å². The summed E-state index contributed by atoms with van der Waals surface area (Å²) in [5.41, 5.74) is 0.880. The van der Waals surface area contributed by atoms with Crippen LogP contribution in [0.5, 0.6) is 0 Å². The topological polar surface area (TPSA) is 66.8 Å². The van der Waals surface area contributed by atoms with Crippen molar-refractivity contribution >= 4 is 11.0 Å². The first-order valence-corrected chi connectivity index (χ1v) is 7.98. The zero-order valence-corrected chi connectivity index (χ0v) is 13.9. The molecule has 1 atom stereocenters. The van der Waals surface area contributed by atoms with E-state index in [4.69, 9.17) is 0 Å². The normalized spacial score (nSPS) is 20.1. The molecule has 1 aliphatic heterocycles. The number of H-pyrrole nitrogens is 1. The lowest BCUT2D eigenvalue weighted by Gasteiger charge is -2.29. The van der Waals surface area contributed by atoms with Crippen molar-refractivity contribution in [2.75, 3.05) is 6.54 Å². The molecule has 1 aliphatic rings. The van der Waals surface area contributed by atoms with Gasteiger partial charge in [0.25, 0.3) is 5.56 Å². The summed E-state index contributed by atoms with van der Waals surface area (Å²) in [7, 11) is 1.82. The van der Waals surface area contributed by atoms with Crippen molar-refractivity contribution < 1.29 is 0 Å². The Labute approximate surface area is 130 Å². The number of likely N-dealkylation sites (tertiary alicyclic amines) is 1. The second kappa shape index (κ2) is 5.50. The number of fused-ring (bicyclic) bond motifs is 1. The van der Waals surface area contributed by atoms with E-state index >= 15 is 0 Å². The van der Waals surface area contributed by atoms with Gasteiger partial charge >= 0.3 is 0 Å². The van der Waals surface area contributed by atoms with Crippen LogP contribution in [0.15, 0.2) is 11.0 Å². The van der Waals surface area contributed by atoms with E-state index in [1.165, 1.54) is 19.3 Å². The zero-order chi connectivity index (χ0) is 15.9. The molecule has 0 saturated carbocycles. The molecule has 3 heterocycles. The lowest BCUT2D eigenvalue weighted by Crippen LogP contribution is -2.33. The van der Waals surface area contributed by atoms with Crippen LogP contribution in [0, 0.1) is 5.41 Å². The highest BCUT2D eigenvalue weighted by atomic mass is 16.1. The summed E-state index contributed by atoms with van der Waals surface area (Å²) < 4.78 is 1.66. The summed E-state index contributed by atoms with van der Waals surface area (Å²) in [4.78, 5) is 22.1. The van der Waals surface area contributed by atoms with Crippen LogP contribution in [0.2, 0.25) is 0 Å². The van der Waals surface area contributed by atoms with Gasteiger partial charge in [0.05, 0.1) is 12.7 Å². The highest BCUT2D eigenvalue weighted by Gasteiger charge is 2.29. The first kappa shape index (κ1) is 15.2. The van der Waals surface area contributed by atoms with Gasteiger partial charge in [0.2, 0.25) is 0 Å². The summed E-state index contributed by atoms with van der Waals surface area (Å²) >= 11 is 0. The summed E-state index contributed by atoms with van der Waals surface area (Å²) in [5, 5.41) is 4.67. The van der Waals surface area contributed by atoms with Crippen molar-refractivity contribution in [1.82, 2.24) is 24.6 Å². The third kappa shape index (κ3) is 3.06. The van der Waals surface area contributed by atoms with Gasteiger partial charge in [-0.3, -0.25) is 14.4 Å². The molecule has 120 valence electrons. The number of aromatic amines is 1. The number of nitrogens with zero attached hydrogens (tertiary/aromatic N) is 4. The molecule has 6 nitrogen and oxygen atoms in total. The average molecular weight is 303 g/mol. The van der Waals surface area contributed by atoms with E-state index < -0.39 is 0 Å². The molecule has 0 aromatic carbocycles. The maximum Gasteiger partial charge on any atom is 0.262 e. The largest absolute Gasteiger partial charge is 0.309 e. The molecular weight excluding hydrogens is 278 g/mol. The fraction of sp³-hybridized carbons (Fsp3) is 0.688. The number of rotatable bonds is 3. The monoisotopic (exact) mass is 303 g/mol. The van der Waals surface area contributed by atoms with Gasteiger partial charge in [-0.1, -0.05) is 20.8 Å². The predicted octanol–water partition coefficient (Wildman–Crippen LogP) is 2.06. The summed E-state index contributed by atoms with van der Waals surface area (Å²) in [6.45, 7) is 8.63. The van der Waals surface area contributed by atoms with Crippen LogP contribution in [-0.2, 0) is 13.6 Å². The molecule has 0 spiro atoms. The van der Waals surface area contributed by atoms with Gasteiger partial charge in [-0.05, 0) is 31.2 Å². The van der Waals surface area contributed by atoms with Gasteiger partial charge in [-0.2, -0.15) is 5.10 Å². The van der Waals surface area contributed by atoms with Crippen LogP contribution >= 0.6 is 0 Å². The van der Waals surface area contributed by atoms with E-state index in [1.807, 2.05) is 7.05 Å². The second-order valence-corrected chi connectivity index (χ2v) is 7.55. The van der Waals surface area contributed by atoms with Gasteiger partial charge in [-0.15, -0.1) is 0 Å². The third-order valence-electron chi connectivity index (χ3n) is 4.35. The average Bonchev–Trinajstić information content (AvgIpc) is 2.97. The van der Waals surface area contributed by atoms with Crippen LogP contribution in [-0.4, -0.2) is 37.2 Å². The molecule has 2 aromatic rings. The first-order valence-electron chi connectivity index (χ1n) is 7.98. The van der Waals surface area contributed by atoms with Crippen molar-refractivity contribution in [2.24, 2.45) is 12.5 Å². The molecule has 3 rings (SSSR count). The van der Waals surface area contributed by atoms with Gasteiger partial charge in [-0.25, -0.2) is 4.98 Å². The fourth-order valence-corrected chi connectivity index (χ4v) is 3.39. The highest BCUT2D eigenvalue weighted by molar-refractivity contribution is 5.72. The Kier molecular flexibility index (Phi) is 3.80. The molecule has 22 heavy (non-hydrogen) atoms. The van der Waals surface area contributed by atoms with Crippen molar-refractivity contribution in [3.05, 3.63) is 22.4 Å². The molecule has 1 fully saturated rings. The van der Waals surface area contributed by atoms with Gasteiger partial charge in [0.15, 0.2) is 5.65 Å². The molecule has 1 unspecified atom stereocenters. The molecule has 2 aromatic heterocycles. The van der Waals surface area contributed by atoms with Crippen LogP contribution in [0.1, 0.15) is 45.9 Å². The Bertz CT molecular complexity index is 724. The Balaban J connectivity index is 1.83.